The lowest BCUT2D eigenvalue weighted by molar-refractivity contribution is -0.138. The van der Waals surface area contributed by atoms with Gasteiger partial charge in [0.1, 0.15) is 6.61 Å². The van der Waals surface area contributed by atoms with E-state index in [1.807, 2.05) is 30.9 Å². The van der Waals surface area contributed by atoms with Crippen molar-refractivity contribution in [2.45, 2.75) is 26.4 Å². The standard InChI is InChI=1S/C16H22BrNO4/c1-5-6-22-16-13(17)7-12(8-14(16)21-4)9-18(11(2)3)10-15(19)20/h5,7-8,11H,1,6,9-10H2,2-4H3,(H,19,20). The Morgan fingerprint density at radius 2 is 2.18 bits per heavy atom. The number of methoxy groups -OCH3 is 1. The second kappa shape index (κ2) is 8.80. The number of aliphatic carboxylic acids is 1. The molecule has 0 aliphatic heterocycles. The average molecular weight is 372 g/mol. The smallest absolute Gasteiger partial charge is 0.317 e. The third kappa shape index (κ3) is 5.35. The second-order valence-corrected chi connectivity index (χ2v) is 5.96. The van der Waals surface area contributed by atoms with Crippen molar-refractivity contribution < 1.29 is 19.4 Å². The highest BCUT2D eigenvalue weighted by molar-refractivity contribution is 9.10. The molecule has 0 fully saturated rings. The minimum absolute atomic E-state index is 0.00762. The highest BCUT2D eigenvalue weighted by Gasteiger charge is 2.17. The Morgan fingerprint density at radius 1 is 1.50 bits per heavy atom. The molecule has 0 unspecified atom stereocenters. The van der Waals surface area contributed by atoms with E-state index < -0.39 is 5.97 Å². The van der Waals surface area contributed by atoms with Crippen LogP contribution in [0.15, 0.2) is 29.3 Å². The number of hydrogen-bond acceptors (Lipinski definition) is 4. The number of halogens is 1. The second-order valence-electron chi connectivity index (χ2n) is 5.10. The van der Waals surface area contributed by atoms with Gasteiger partial charge in [-0.1, -0.05) is 12.7 Å². The van der Waals surface area contributed by atoms with E-state index in [2.05, 4.69) is 22.5 Å². The number of rotatable bonds is 9. The third-order valence-corrected chi connectivity index (χ3v) is 3.68. The largest absolute Gasteiger partial charge is 0.493 e. The van der Waals surface area contributed by atoms with Gasteiger partial charge in [-0.25, -0.2) is 0 Å². The lowest BCUT2D eigenvalue weighted by Crippen LogP contribution is -2.35. The van der Waals surface area contributed by atoms with E-state index in [1.165, 1.54) is 0 Å². The predicted octanol–water partition coefficient (Wildman–Crippen LogP) is 3.32. The first kappa shape index (κ1) is 18.5. The van der Waals surface area contributed by atoms with Crippen LogP contribution in [0.2, 0.25) is 0 Å². The molecule has 122 valence electrons. The fourth-order valence-corrected chi connectivity index (χ4v) is 2.58. The Bertz CT molecular complexity index is 531. The molecule has 0 atom stereocenters. The van der Waals surface area contributed by atoms with Crippen LogP contribution in [0.1, 0.15) is 19.4 Å². The van der Waals surface area contributed by atoms with E-state index >= 15 is 0 Å². The van der Waals surface area contributed by atoms with E-state index in [4.69, 9.17) is 14.6 Å². The fourth-order valence-electron chi connectivity index (χ4n) is 1.98. The van der Waals surface area contributed by atoms with Gasteiger partial charge in [0.2, 0.25) is 0 Å². The first-order chi connectivity index (χ1) is 10.4. The van der Waals surface area contributed by atoms with Crippen LogP contribution in [0.3, 0.4) is 0 Å². The molecule has 0 aromatic heterocycles. The number of hydrogen-bond donors (Lipinski definition) is 1. The summed E-state index contributed by atoms with van der Waals surface area (Å²) in [6, 6.07) is 3.90. The topological polar surface area (TPSA) is 59.0 Å². The molecule has 0 saturated carbocycles. The molecular formula is C16H22BrNO4. The molecule has 0 aliphatic rings. The Kier molecular flexibility index (Phi) is 7.41. The number of benzene rings is 1. The van der Waals surface area contributed by atoms with Gasteiger partial charge in [-0.05, 0) is 47.5 Å². The molecule has 22 heavy (non-hydrogen) atoms. The van der Waals surface area contributed by atoms with Gasteiger partial charge < -0.3 is 14.6 Å². The molecule has 1 aromatic rings. The van der Waals surface area contributed by atoms with Crippen LogP contribution in [0.5, 0.6) is 11.5 Å². The zero-order valence-electron chi connectivity index (χ0n) is 13.1. The lowest BCUT2D eigenvalue weighted by atomic mass is 10.1. The minimum atomic E-state index is -0.842. The zero-order valence-corrected chi connectivity index (χ0v) is 14.7. The van der Waals surface area contributed by atoms with Crippen LogP contribution in [0, 0.1) is 0 Å². The van der Waals surface area contributed by atoms with Gasteiger partial charge in [0, 0.05) is 12.6 Å². The third-order valence-electron chi connectivity index (χ3n) is 3.09. The van der Waals surface area contributed by atoms with Crippen LogP contribution < -0.4 is 9.47 Å². The summed E-state index contributed by atoms with van der Waals surface area (Å²) in [7, 11) is 1.57. The first-order valence-corrected chi connectivity index (χ1v) is 7.74. The monoisotopic (exact) mass is 371 g/mol. The fraction of sp³-hybridized carbons (Fsp3) is 0.438. The zero-order chi connectivity index (χ0) is 16.7. The lowest BCUT2D eigenvalue weighted by Gasteiger charge is -2.25. The molecule has 0 saturated heterocycles. The van der Waals surface area contributed by atoms with Crippen molar-refractivity contribution in [2.24, 2.45) is 0 Å². The maximum atomic E-state index is 11.0. The van der Waals surface area contributed by atoms with Crippen molar-refractivity contribution >= 4 is 21.9 Å². The van der Waals surface area contributed by atoms with Gasteiger partial charge in [-0.15, -0.1) is 0 Å². The van der Waals surface area contributed by atoms with Crippen LogP contribution in [-0.2, 0) is 11.3 Å². The van der Waals surface area contributed by atoms with Gasteiger partial charge in [-0.2, -0.15) is 0 Å². The molecule has 1 aromatic carbocycles. The SMILES string of the molecule is C=CCOc1c(Br)cc(CN(CC(=O)O)C(C)C)cc1OC. The highest BCUT2D eigenvalue weighted by Crippen LogP contribution is 2.37. The quantitative estimate of drug-likeness (QED) is 0.674. The average Bonchev–Trinajstić information content (AvgIpc) is 2.44. The molecule has 0 radical (unpaired) electrons. The Hall–Kier alpha value is -1.53. The van der Waals surface area contributed by atoms with Crippen LogP contribution >= 0.6 is 15.9 Å². The summed E-state index contributed by atoms with van der Waals surface area (Å²) in [5, 5.41) is 9.00. The molecule has 5 nitrogen and oxygen atoms in total. The summed E-state index contributed by atoms with van der Waals surface area (Å²) in [5.74, 6) is 0.372. The number of carbonyl (C=O) groups is 1. The van der Waals surface area contributed by atoms with Crippen molar-refractivity contribution in [1.29, 1.82) is 0 Å². The molecule has 0 spiro atoms. The van der Waals surface area contributed by atoms with Crippen molar-refractivity contribution in [3.63, 3.8) is 0 Å². The van der Waals surface area contributed by atoms with Gasteiger partial charge >= 0.3 is 5.97 Å². The molecule has 0 heterocycles. The summed E-state index contributed by atoms with van der Waals surface area (Å²) >= 11 is 3.47. The van der Waals surface area contributed by atoms with Crippen molar-refractivity contribution in [1.82, 2.24) is 4.90 Å². The maximum Gasteiger partial charge on any atom is 0.317 e. The Balaban J connectivity index is 3.02. The number of carboxylic acids is 1. The van der Waals surface area contributed by atoms with E-state index in [0.717, 1.165) is 10.0 Å². The maximum absolute atomic E-state index is 11.0. The predicted molar refractivity (Wildman–Crippen MR) is 89.6 cm³/mol. The van der Waals surface area contributed by atoms with Crippen LogP contribution in [0.25, 0.3) is 0 Å². The summed E-state index contributed by atoms with van der Waals surface area (Å²) in [4.78, 5) is 12.8. The van der Waals surface area contributed by atoms with E-state index in [1.54, 1.807) is 13.2 Å². The van der Waals surface area contributed by atoms with Crippen molar-refractivity contribution in [2.75, 3.05) is 20.3 Å². The summed E-state index contributed by atoms with van der Waals surface area (Å²) in [6.45, 7) is 8.45. The van der Waals surface area contributed by atoms with E-state index in [-0.39, 0.29) is 12.6 Å². The number of nitrogens with zero attached hydrogens (tertiary/aromatic N) is 1. The summed E-state index contributed by atoms with van der Waals surface area (Å²) < 4.78 is 11.7. The Morgan fingerprint density at radius 3 is 2.68 bits per heavy atom. The van der Waals surface area contributed by atoms with Crippen LogP contribution in [0.4, 0.5) is 0 Å². The first-order valence-electron chi connectivity index (χ1n) is 6.95. The van der Waals surface area contributed by atoms with Gasteiger partial charge in [-0.3, -0.25) is 9.69 Å². The molecule has 6 heteroatoms. The van der Waals surface area contributed by atoms with Crippen molar-refractivity contribution in [3.8, 4) is 11.5 Å². The minimum Gasteiger partial charge on any atom is -0.493 e. The van der Waals surface area contributed by atoms with E-state index in [9.17, 15) is 4.79 Å². The molecule has 0 bridgehead atoms. The van der Waals surface area contributed by atoms with Gasteiger partial charge in [0.15, 0.2) is 11.5 Å². The molecule has 1 rings (SSSR count). The molecule has 0 aliphatic carbocycles. The normalized spacial score (nSPS) is 10.8. The highest BCUT2D eigenvalue weighted by atomic mass is 79.9. The molecule has 0 amide bonds. The van der Waals surface area contributed by atoms with E-state index in [0.29, 0.717) is 24.7 Å². The van der Waals surface area contributed by atoms with Gasteiger partial charge in [0.05, 0.1) is 18.1 Å². The summed E-state index contributed by atoms with van der Waals surface area (Å²) in [5.41, 5.74) is 0.949. The molecule has 1 N–H and O–H groups in total. The molecular weight excluding hydrogens is 350 g/mol. The number of carboxylic acid groups (broad SMARTS) is 1. The van der Waals surface area contributed by atoms with Crippen molar-refractivity contribution in [3.05, 3.63) is 34.8 Å². The Labute approximate surface area is 139 Å². The van der Waals surface area contributed by atoms with Gasteiger partial charge in [0.25, 0.3) is 0 Å². The summed E-state index contributed by atoms with van der Waals surface area (Å²) in [6.07, 6.45) is 1.66. The number of ether oxygens (including phenoxy) is 2. The van der Waals surface area contributed by atoms with Crippen LogP contribution in [-0.4, -0.2) is 42.3 Å².